The SMILES string of the molecule is COc1ccc(-c2cc(C(=O)N3CCNC[C@H]3C)[nH]n2)cc1OC. The van der Waals surface area contributed by atoms with Crippen LogP contribution < -0.4 is 14.8 Å². The van der Waals surface area contributed by atoms with Crippen LogP contribution in [0.2, 0.25) is 0 Å². The smallest absolute Gasteiger partial charge is 0.272 e. The van der Waals surface area contributed by atoms with Gasteiger partial charge >= 0.3 is 0 Å². The molecule has 1 fully saturated rings. The molecule has 24 heavy (non-hydrogen) atoms. The molecule has 1 aliphatic rings. The van der Waals surface area contributed by atoms with Crippen LogP contribution in [0.15, 0.2) is 24.3 Å². The van der Waals surface area contributed by atoms with Crippen molar-refractivity contribution in [3.05, 3.63) is 30.0 Å². The minimum absolute atomic E-state index is 0.0248. The molecule has 0 aliphatic carbocycles. The number of aromatic nitrogens is 2. The van der Waals surface area contributed by atoms with Gasteiger partial charge in [0.15, 0.2) is 11.5 Å². The Morgan fingerprint density at radius 1 is 1.25 bits per heavy atom. The van der Waals surface area contributed by atoms with Crippen molar-refractivity contribution >= 4 is 5.91 Å². The maximum Gasteiger partial charge on any atom is 0.272 e. The number of aromatic amines is 1. The number of nitrogens with one attached hydrogen (secondary N) is 2. The molecule has 1 aromatic heterocycles. The number of amides is 1. The summed E-state index contributed by atoms with van der Waals surface area (Å²) < 4.78 is 10.6. The second-order valence-corrected chi connectivity index (χ2v) is 5.79. The molecule has 128 valence electrons. The third-order valence-corrected chi connectivity index (χ3v) is 4.25. The summed E-state index contributed by atoms with van der Waals surface area (Å²) in [6.45, 7) is 4.36. The number of carbonyl (C=O) groups excluding carboxylic acids is 1. The number of carbonyl (C=O) groups is 1. The highest BCUT2D eigenvalue weighted by atomic mass is 16.5. The van der Waals surface area contributed by atoms with Gasteiger partial charge in [-0.3, -0.25) is 9.89 Å². The van der Waals surface area contributed by atoms with Crippen molar-refractivity contribution < 1.29 is 14.3 Å². The summed E-state index contributed by atoms with van der Waals surface area (Å²) in [6.07, 6.45) is 0. The first kappa shape index (κ1) is 16.3. The number of piperazine rings is 1. The van der Waals surface area contributed by atoms with Crippen LogP contribution in [-0.2, 0) is 0 Å². The summed E-state index contributed by atoms with van der Waals surface area (Å²) in [6, 6.07) is 7.50. The molecule has 2 aromatic rings. The van der Waals surface area contributed by atoms with Crippen molar-refractivity contribution in [1.29, 1.82) is 0 Å². The zero-order chi connectivity index (χ0) is 17.1. The highest BCUT2D eigenvalue weighted by molar-refractivity contribution is 5.93. The molecule has 2 N–H and O–H groups in total. The van der Waals surface area contributed by atoms with Gasteiger partial charge in [0.2, 0.25) is 0 Å². The van der Waals surface area contributed by atoms with E-state index in [0.29, 0.717) is 29.4 Å². The summed E-state index contributed by atoms with van der Waals surface area (Å²) in [4.78, 5) is 14.5. The van der Waals surface area contributed by atoms with E-state index in [1.54, 1.807) is 20.3 Å². The number of ether oxygens (including phenoxy) is 2. The second kappa shape index (κ2) is 6.92. The van der Waals surface area contributed by atoms with Crippen LogP contribution in [0.1, 0.15) is 17.4 Å². The molecule has 1 atom stereocenters. The molecule has 0 bridgehead atoms. The Kier molecular flexibility index (Phi) is 4.71. The largest absolute Gasteiger partial charge is 0.493 e. The molecule has 2 heterocycles. The normalized spacial score (nSPS) is 17.6. The maximum atomic E-state index is 12.7. The summed E-state index contributed by atoms with van der Waals surface area (Å²) in [5.74, 6) is 1.26. The monoisotopic (exact) mass is 330 g/mol. The van der Waals surface area contributed by atoms with Crippen LogP contribution in [0.4, 0.5) is 0 Å². The average molecular weight is 330 g/mol. The van der Waals surface area contributed by atoms with Crippen LogP contribution in [-0.4, -0.2) is 60.9 Å². The Morgan fingerprint density at radius 2 is 2.04 bits per heavy atom. The van der Waals surface area contributed by atoms with Gasteiger partial charge in [0.05, 0.1) is 19.9 Å². The zero-order valence-electron chi connectivity index (χ0n) is 14.1. The van der Waals surface area contributed by atoms with E-state index in [1.807, 2.05) is 30.0 Å². The van der Waals surface area contributed by atoms with Crippen LogP contribution in [0.3, 0.4) is 0 Å². The standard InChI is InChI=1S/C17H22N4O3/c1-11-10-18-6-7-21(11)17(22)14-9-13(19-20-14)12-4-5-15(23-2)16(8-12)24-3/h4-5,8-9,11,18H,6-7,10H2,1-3H3,(H,19,20)/t11-/m1/s1. The van der Waals surface area contributed by atoms with Crippen LogP contribution in [0, 0.1) is 0 Å². The third-order valence-electron chi connectivity index (χ3n) is 4.25. The number of H-pyrrole nitrogens is 1. The van der Waals surface area contributed by atoms with E-state index in [4.69, 9.17) is 9.47 Å². The van der Waals surface area contributed by atoms with Gasteiger partial charge in [0.1, 0.15) is 5.69 Å². The van der Waals surface area contributed by atoms with Crippen molar-refractivity contribution in [3.8, 4) is 22.8 Å². The predicted molar refractivity (Wildman–Crippen MR) is 90.5 cm³/mol. The number of hydrogen-bond acceptors (Lipinski definition) is 5. The van der Waals surface area contributed by atoms with Gasteiger partial charge in [0, 0.05) is 31.2 Å². The van der Waals surface area contributed by atoms with Crippen LogP contribution in [0.5, 0.6) is 11.5 Å². The maximum absolute atomic E-state index is 12.7. The second-order valence-electron chi connectivity index (χ2n) is 5.79. The molecule has 0 spiro atoms. The molecule has 1 aliphatic heterocycles. The Bertz CT molecular complexity index is 728. The van der Waals surface area contributed by atoms with E-state index in [9.17, 15) is 4.79 Å². The van der Waals surface area contributed by atoms with E-state index in [-0.39, 0.29) is 11.9 Å². The van der Waals surface area contributed by atoms with Gasteiger partial charge in [-0.1, -0.05) is 0 Å². The number of methoxy groups -OCH3 is 2. The molecular formula is C17H22N4O3. The summed E-state index contributed by atoms with van der Waals surface area (Å²) in [5.41, 5.74) is 2.05. The quantitative estimate of drug-likeness (QED) is 0.889. The summed E-state index contributed by atoms with van der Waals surface area (Å²) in [7, 11) is 3.18. The zero-order valence-corrected chi connectivity index (χ0v) is 14.1. The predicted octanol–water partition coefficient (Wildman–Crippen LogP) is 1.53. The molecule has 7 nitrogen and oxygen atoms in total. The van der Waals surface area contributed by atoms with Crippen molar-refractivity contribution in [2.75, 3.05) is 33.9 Å². The number of nitrogens with zero attached hydrogens (tertiary/aromatic N) is 2. The summed E-state index contributed by atoms with van der Waals surface area (Å²) >= 11 is 0. The Hall–Kier alpha value is -2.54. The van der Waals surface area contributed by atoms with E-state index in [1.165, 1.54) is 0 Å². The first-order valence-electron chi connectivity index (χ1n) is 7.93. The first-order chi connectivity index (χ1) is 11.6. The van der Waals surface area contributed by atoms with Gasteiger partial charge in [-0.15, -0.1) is 0 Å². The lowest BCUT2D eigenvalue weighted by Crippen LogP contribution is -2.52. The van der Waals surface area contributed by atoms with E-state index >= 15 is 0 Å². The minimum Gasteiger partial charge on any atom is -0.493 e. The Morgan fingerprint density at radius 3 is 2.75 bits per heavy atom. The lowest BCUT2D eigenvalue weighted by Gasteiger charge is -2.33. The topological polar surface area (TPSA) is 79.5 Å². The van der Waals surface area contributed by atoms with Gasteiger partial charge in [-0.25, -0.2) is 0 Å². The third kappa shape index (κ3) is 3.07. The van der Waals surface area contributed by atoms with Crippen molar-refractivity contribution in [1.82, 2.24) is 20.4 Å². The van der Waals surface area contributed by atoms with Crippen molar-refractivity contribution in [2.24, 2.45) is 0 Å². The van der Waals surface area contributed by atoms with Crippen molar-refractivity contribution in [3.63, 3.8) is 0 Å². The first-order valence-corrected chi connectivity index (χ1v) is 7.93. The van der Waals surface area contributed by atoms with Crippen molar-refractivity contribution in [2.45, 2.75) is 13.0 Å². The molecule has 0 unspecified atom stereocenters. The Balaban J connectivity index is 1.84. The molecular weight excluding hydrogens is 308 g/mol. The van der Waals surface area contributed by atoms with Crippen LogP contribution in [0.25, 0.3) is 11.3 Å². The fraction of sp³-hybridized carbons (Fsp3) is 0.412. The molecule has 3 rings (SSSR count). The highest BCUT2D eigenvalue weighted by Gasteiger charge is 2.25. The van der Waals surface area contributed by atoms with Gasteiger partial charge in [0.25, 0.3) is 5.91 Å². The number of benzene rings is 1. The molecule has 1 amide bonds. The van der Waals surface area contributed by atoms with Crippen LogP contribution >= 0.6 is 0 Å². The molecule has 1 saturated heterocycles. The van der Waals surface area contributed by atoms with Gasteiger partial charge in [-0.2, -0.15) is 5.10 Å². The molecule has 0 saturated carbocycles. The number of rotatable bonds is 4. The van der Waals surface area contributed by atoms with E-state index < -0.39 is 0 Å². The lowest BCUT2D eigenvalue weighted by molar-refractivity contribution is 0.0649. The minimum atomic E-state index is -0.0248. The fourth-order valence-corrected chi connectivity index (χ4v) is 2.87. The van der Waals surface area contributed by atoms with E-state index in [2.05, 4.69) is 15.5 Å². The summed E-state index contributed by atoms with van der Waals surface area (Å²) in [5, 5.41) is 10.4. The van der Waals surface area contributed by atoms with Gasteiger partial charge in [-0.05, 0) is 31.2 Å². The number of hydrogen-bond donors (Lipinski definition) is 2. The average Bonchev–Trinajstić information content (AvgIpc) is 3.11. The van der Waals surface area contributed by atoms with Gasteiger partial charge < -0.3 is 19.7 Å². The molecule has 7 heteroatoms. The lowest BCUT2D eigenvalue weighted by atomic mass is 10.1. The fourth-order valence-electron chi connectivity index (χ4n) is 2.87. The Labute approximate surface area is 140 Å². The highest BCUT2D eigenvalue weighted by Crippen LogP contribution is 2.31. The van der Waals surface area contributed by atoms with E-state index in [0.717, 1.165) is 18.7 Å². The molecule has 0 radical (unpaired) electrons. The molecule has 1 aromatic carbocycles.